The van der Waals surface area contributed by atoms with Gasteiger partial charge in [-0.3, -0.25) is 13.9 Å². The van der Waals surface area contributed by atoms with E-state index in [0.717, 1.165) is 30.8 Å². The zero-order valence-corrected chi connectivity index (χ0v) is 15.8. The number of nitrogens with zero attached hydrogens (tertiary/aromatic N) is 5. The molecule has 0 saturated carbocycles. The molecule has 4 rings (SSSR count). The van der Waals surface area contributed by atoms with E-state index in [0.29, 0.717) is 30.2 Å². The highest BCUT2D eigenvalue weighted by Gasteiger charge is 2.26. The number of methoxy groups -OCH3 is 1. The largest absolute Gasteiger partial charge is 0.497 e. The predicted octanol–water partition coefficient (Wildman–Crippen LogP) is 1.86. The average molecular weight is 369 g/mol. The first-order valence-electron chi connectivity index (χ1n) is 9.18. The van der Waals surface area contributed by atoms with Crippen molar-refractivity contribution in [2.24, 2.45) is 7.05 Å². The number of hydrogen-bond acceptors (Lipinski definition) is 5. The van der Waals surface area contributed by atoms with Crippen molar-refractivity contribution in [3.8, 4) is 5.75 Å². The number of hydrogen-bond donors (Lipinski definition) is 0. The van der Waals surface area contributed by atoms with Gasteiger partial charge in [0.15, 0.2) is 11.2 Å². The Morgan fingerprint density at radius 1 is 1.15 bits per heavy atom. The lowest BCUT2D eigenvalue weighted by Crippen LogP contribution is -2.39. The van der Waals surface area contributed by atoms with Crippen molar-refractivity contribution in [2.45, 2.75) is 32.9 Å². The predicted molar refractivity (Wildman–Crippen MR) is 104 cm³/mol. The Morgan fingerprint density at radius 2 is 1.89 bits per heavy atom. The molecule has 0 amide bonds. The second kappa shape index (κ2) is 6.61. The minimum atomic E-state index is -0.319. The standard InChI is InChI=1S/C19H23N5O3/c1-4-10-24-17(25)15-16(21(2)19(24)26)20-18-22(11-5-12-23(15)18)13-6-8-14(27-3)9-7-13/h6-9H,4-5,10-12H2,1-3H3. The van der Waals surface area contributed by atoms with Gasteiger partial charge in [-0.05, 0) is 37.1 Å². The summed E-state index contributed by atoms with van der Waals surface area (Å²) in [5.74, 6) is 1.48. The van der Waals surface area contributed by atoms with E-state index >= 15 is 0 Å². The molecule has 0 saturated heterocycles. The van der Waals surface area contributed by atoms with E-state index in [-0.39, 0.29) is 11.2 Å². The Kier molecular flexibility index (Phi) is 4.25. The summed E-state index contributed by atoms with van der Waals surface area (Å²) in [6, 6.07) is 7.76. The maximum atomic E-state index is 13.0. The first kappa shape index (κ1) is 17.4. The van der Waals surface area contributed by atoms with Crippen molar-refractivity contribution >= 4 is 22.8 Å². The monoisotopic (exact) mass is 369 g/mol. The van der Waals surface area contributed by atoms with E-state index in [9.17, 15) is 9.59 Å². The fourth-order valence-corrected chi connectivity index (χ4v) is 3.69. The van der Waals surface area contributed by atoms with Gasteiger partial charge in [0.05, 0.1) is 7.11 Å². The van der Waals surface area contributed by atoms with Gasteiger partial charge in [0.25, 0.3) is 5.56 Å². The Labute approximate surface area is 156 Å². The molecule has 0 N–H and O–H groups in total. The van der Waals surface area contributed by atoms with E-state index in [1.807, 2.05) is 35.8 Å². The highest BCUT2D eigenvalue weighted by atomic mass is 16.5. The first-order valence-corrected chi connectivity index (χ1v) is 9.18. The molecule has 0 unspecified atom stereocenters. The van der Waals surface area contributed by atoms with Gasteiger partial charge >= 0.3 is 5.69 Å². The lowest BCUT2D eigenvalue weighted by molar-refractivity contribution is 0.415. The molecule has 2 aromatic heterocycles. The second-order valence-corrected chi connectivity index (χ2v) is 6.74. The van der Waals surface area contributed by atoms with E-state index in [1.165, 1.54) is 9.13 Å². The summed E-state index contributed by atoms with van der Waals surface area (Å²) in [4.78, 5) is 32.3. The summed E-state index contributed by atoms with van der Waals surface area (Å²) in [5.41, 5.74) is 1.34. The molecule has 8 heteroatoms. The summed E-state index contributed by atoms with van der Waals surface area (Å²) < 4.78 is 9.96. The molecule has 1 aromatic carbocycles. The van der Waals surface area contributed by atoms with Crippen LogP contribution in [0.15, 0.2) is 33.9 Å². The van der Waals surface area contributed by atoms with Gasteiger partial charge in [0.1, 0.15) is 5.75 Å². The Morgan fingerprint density at radius 3 is 2.56 bits per heavy atom. The minimum absolute atomic E-state index is 0.259. The average Bonchev–Trinajstić information content (AvgIpc) is 3.09. The molecule has 0 spiro atoms. The molecular weight excluding hydrogens is 346 g/mol. The van der Waals surface area contributed by atoms with Gasteiger partial charge < -0.3 is 14.2 Å². The van der Waals surface area contributed by atoms with Gasteiger partial charge in [-0.15, -0.1) is 0 Å². The lowest BCUT2D eigenvalue weighted by atomic mass is 10.2. The molecule has 27 heavy (non-hydrogen) atoms. The Hall–Kier alpha value is -3.03. The number of aryl methyl sites for hydroxylation is 2. The molecule has 0 aliphatic carbocycles. The van der Waals surface area contributed by atoms with Crippen LogP contribution in [-0.2, 0) is 20.1 Å². The highest BCUT2D eigenvalue weighted by molar-refractivity contribution is 5.77. The molecule has 0 radical (unpaired) electrons. The van der Waals surface area contributed by atoms with E-state index in [2.05, 4.69) is 9.88 Å². The second-order valence-electron chi connectivity index (χ2n) is 6.74. The lowest BCUT2D eigenvalue weighted by Gasteiger charge is -2.29. The molecule has 8 nitrogen and oxygen atoms in total. The zero-order chi connectivity index (χ0) is 19.1. The third-order valence-corrected chi connectivity index (χ3v) is 5.05. The molecule has 0 fully saturated rings. The third kappa shape index (κ3) is 2.63. The van der Waals surface area contributed by atoms with Crippen LogP contribution >= 0.6 is 0 Å². The van der Waals surface area contributed by atoms with Crippen molar-refractivity contribution in [1.29, 1.82) is 0 Å². The minimum Gasteiger partial charge on any atom is -0.497 e. The van der Waals surface area contributed by atoms with Crippen LogP contribution in [0.2, 0.25) is 0 Å². The van der Waals surface area contributed by atoms with E-state index in [4.69, 9.17) is 4.74 Å². The van der Waals surface area contributed by atoms with Crippen LogP contribution in [0.5, 0.6) is 5.75 Å². The van der Waals surface area contributed by atoms with Gasteiger partial charge in [0, 0.05) is 32.4 Å². The number of aromatic nitrogens is 4. The highest BCUT2D eigenvalue weighted by Crippen LogP contribution is 2.31. The zero-order valence-electron chi connectivity index (χ0n) is 15.8. The maximum Gasteiger partial charge on any atom is 0.332 e. The fraction of sp³-hybridized carbons (Fsp3) is 0.421. The van der Waals surface area contributed by atoms with Gasteiger partial charge in [-0.2, -0.15) is 4.98 Å². The number of anilines is 2. The molecule has 0 bridgehead atoms. The van der Waals surface area contributed by atoms with Gasteiger partial charge in [-0.1, -0.05) is 6.92 Å². The number of benzene rings is 1. The Bertz CT molecular complexity index is 1110. The first-order chi connectivity index (χ1) is 13.1. The van der Waals surface area contributed by atoms with Crippen LogP contribution in [0.3, 0.4) is 0 Å². The third-order valence-electron chi connectivity index (χ3n) is 5.05. The van der Waals surface area contributed by atoms with Crippen LogP contribution in [0.25, 0.3) is 11.2 Å². The van der Waals surface area contributed by atoms with Crippen molar-refractivity contribution in [2.75, 3.05) is 18.6 Å². The quantitative estimate of drug-likeness (QED) is 0.702. The molecule has 142 valence electrons. The smallest absolute Gasteiger partial charge is 0.332 e. The normalized spacial score (nSPS) is 13.8. The molecule has 3 aromatic rings. The molecule has 1 aliphatic rings. The fourth-order valence-electron chi connectivity index (χ4n) is 3.69. The summed E-state index contributed by atoms with van der Waals surface area (Å²) in [7, 11) is 3.31. The van der Waals surface area contributed by atoms with Crippen LogP contribution in [0, 0.1) is 0 Å². The van der Waals surface area contributed by atoms with E-state index in [1.54, 1.807) is 14.2 Å². The topological polar surface area (TPSA) is 74.3 Å². The number of imidazole rings is 1. The summed E-state index contributed by atoms with van der Waals surface area (Å²) in [5, 5.41) is 0. The molecule has 0 atom stereocenters. The van der Waals surface area contributed by atoms with Crippen molar-refractivity contribution < 1.29 is 4.74 Å². The van der Waals surface area contributed by atoms with Crippen molar-refractivity contribution in [3.63, 3.8) is 0 Å². The molecule has 3 heterocycles. The van der Waals surface area contributed by atoms with Crippen LogP contribution < -0.4 is 20.9 Å². The van der Waals surface area contributed by atoms with E-state index < -0.39 is 0 Å². The number of fused-ring (bicyclic) bond motifs is 3. The van der Waals surface area contributed by atoms with Gasteiger partial charge in [-0.25, -0.2) is 4.79 Å². The van der Waals surface area contributed by atoms with Gasteiger partial charge in [0.2, 0.25) is 5.95 Å². The SMILES string of the molecule is CCCn1c(=O)c2c(nc3n2CCCN3c2ccc(OC)cc2)n(C)c1=O. The Balaban J connectivity index is 1.93. The summed E-state index contributed by atoms with van der Waals surface area (Å²) in [6.45, 7) is 3.86. The number of rotatable bonds is 4. The van der Waals surface area contributed by atoms with Crippen molar-refractivity contribution in [3.05, 3.63) is 45.1 Å². The van der Waals surface area contributed by atoms with Crippen LogP contribution in [-0.4, -0.2) is 32.3 Å². The maximum absolute atomic E-state index is 13.0. The summed E-state index contributed by atoms with van der Waals surface area (Å²) >= 11 is 0. The number of ether oxygens (including phenoxy) is 1. The van der Waals surface area contributed by atoms with Crippen LogP contribution in [0.4, 0.5) is 11.6 Å². The van der Waals surface area contributed by atoms with Crippen LogP contribution in [0.1, 0.15) is 19.8 Å². The summed E-state index contributed by atoms with van der Waals surface area (Å²) in [6.07, 6.45) is 1.61. The molecule has 1 aliphatic heterocycles. The van der Waals surface area contributed by atoms with Crippen molar-refractivity contribution in [1.82, 2.24) is 18.7 Å². The molecular formula is C19H23N5O3.